The van der Waals surface area contributed by atoms with Crippen molar-refractivity contribution in [1.29, 1.82) is 0 Å². The lowest BCUT2D eigenvalue weighted by Gasteiger charge is -2.15. The number of hydrogen-bond donors (Lipinski definition) is 0. The summed E-state index contributed by atoms with van der Waals surface area (Å²) in [5, 5.41) is 0. The third-order valence-electron chi connectivity index (χ3n) is 3.73. The van der Waals surface area contributed by atoms with Crippen LogP contribution in [0, 0.1) is 12.7 Å². The molecule has 0 aromatic heterocycles. The van der Waals surface area contributed by atoms with Crippen LogP contribution in [0.2, 0.25) is 0 Å². The number of ether oxygens (including phenoxy) is 2. The van der Waals surface area contributed by atoms with Crippen LogP contribution < -0.4 is 9.47 Å². The zero-order chi connectivity index (χ0) is 17.7. The maximum Gasteiger partial charge on any atom is 0.310 e. The molecule has 2 rings (SSSR count). The fourth-order valence-electron chi connectivity index (χ4n) is 2.25. The van der Waals surface area contributed by atoms with Gasteiger partial charge in [-0.3, -0.25) is 4.79 Å². The van der Waals surface area contributed by atoms with E-state index in [2.05, 4.69) is 15.9 Å². The quantitative estimate of drug-likeness (QED) is 0.488. The molecule has 3 nitrogen and oxygen atoms in total. The summed E-state index contributed by atoms with van der Waals surface area (Å²) in [5.41, 5.74) is 2.34. The first-order valence-electron chi connectivity index (χ1n) is 7.86. The van der Waals surface area contributed by atoms with E-state index in [0.717, 1.165) is 11.1 Å². The minimum atomic E-state index is -0.304. The van der Waals surface area contributed by atoms with Crippen molar-refractivity contribution in [3.05, 3.63) is 57.3 Å². The van der Waals surface area contributed by atoms with Crippen LogP contribution in [0.15, 0.2) is 34.8 Å². The van der Waals surface area contributed by atoms with Gasteiger partial charge in [-0.05, 0) is 52.5 Å². The highest BCUT2D eigenvalue weighted by molar-refractivity contribution is 9.10. The molecule has 0 fully saturated rings. The fourth-order valence-corrected chi connectivity index (χ4v) is 2.76. The lowest BCUT2D eigenvalue weighted by Crippen LogP contribution is -2.09. The molecular weight excluding hydrogens is 375 g/mol. The van der Waals surface area contributed by atoms with Crippen LogP contribution >= 0.6 is 15.9 Å². The van der Waals surface area contributed by atoms with E-state index in [9.17, 15) is 9.18 Å². The van der Waals surface area contributed by atoms with Crippen molar-refractivity contribution in [2.24, 2.45) is 0 Å². The van der Waals surface area contributed by atoms with Crippen molar-refractivity contribution >= 4 is 21.9 Å². The van der Waals surface area contributed by atoms with Gasteiger partial charge >= 0.3 is 5.97 Å². The van der Waals surface area contributed by atoms with Crippen molar-refractivity contribution in [1.82, 2.24) is 0 Å². The maximum absolute atomic E-state index is 14.0. The molecule has 0 saturated heterocycles. The molecule has 0 N–H and O–H groups in total. The summed E-state index contributed by atoms with van der Waals surface area (Å²) in [6.45, 7) is 5.73. The average Bonchev–Trinajstić information content (AvgIpc) is 2.56. The van der Waals surface area contributed by atoms with Crippen molar-refractivity contribution in [2.45, 2.75) is 40.2 Å². The normalized spacial score (nSPS) is 10.5. The van der Waals surface area contributed by atoms with Gasteiger partial charge in [0.25, 0.3) is 0 Å². The molecule has 2 aromatic rings. The van der Waals surface area contributed by atoms with E-state index < -0.39 is 0 Å². The second-order valence-electron chi connectivity index (χ2n) is 5.40. The number of aryl methyl sites for hydroxylation is 2. The van der Waals surface area contributed by atoms with Crippen molar-refractivity contribution in [3.8, 4) is 11.5 Å². The Bertz CT molecular complexity index is 744. The number of halogens is 2. The van der Waals surface area contributed by atoms with Crippen molar-refractivity contribution in [2.75, 3.05) is 0 Å². The number of benzene rings is 2. The molecular formula is C19H20BrFO3. The molecule has 128 valence electrons. The Hall–Kier alpha value is -1.88. The number of carbonyl (C=O) groups excluding carboxylic acids is 1. The third kappa shape index (κ3) is 4.35. The van der Waals surface area contributed by atoms with Gasteiger partial charge < -0.3 is 9.47 Å². The number of esters is 1. The highest BCUT2D eigenvalue weighted by Crippen LogP contribution is 2.31. The smallest absolute Gasteiger partial charge is 0.310 e. The Kier molecular flexibility index (Phi) is 6.37. The fraction of sp³-hybridized carbons (Fsp3) is 0.316. The monoisotopic (exact) mass is 394 g/mol. The lowest BCUT2D eigenvalue weighted by molar-refractivity contribution is -0.134. The standard InChI is InChI=1S/C19H20BrFO3/c1-4-13-9-15(20)18(10-16(13)21)23-11-14-12(3)7-6-8-17(14)24-19(22)5-2/h6-10H,4-5,11H2,1-3H3. The summed E-state index contributed by atoms with van der Waals surface area (Å²) in [4.78, 5) is 11.6. The zero-order valence-electron chi connectivity index (χ0n) is 14.0. The molecule has 0 aliphatic rings. The molecule has 0 bridgehead atoms. The summed E-state index contributed by atoms with van der Waals surface area (Å²) < 4.78 is 25.8. The minimum Gasteiger partial charge on any atom is -0.487 e. The van der Waals surface area contributed by atoms with Gasteiger partial charge in [-0.15, -0.1) is 0 Å². The van der Waals surface area contributed by atoms with Crippen LogP contribution in [0.1, 0.15) is 37.0 Å². The van der Waals surface area contributed by atoms with Crippen LogP contribution in [0.25, 0.3) is 0 Å². The second-order valence-corrected chi connectivity index (χ2v) is 6.25. The van der Waals surface area contributed by atoms with Crippen LogP contribution in [-0.4, -0.2) is 5.97 Å². The molecule has 0 heterocycles. The third-order valence-corrected chi connectivity index (χ3v) is 4.35. The van der Waals surface area contributed by atoms with Gasteiger partial charge in [0, 0.05) is 18.1 Å². The zero-order valence-corrected chi connectivity index (χ0v) is 15.6. The molecule has 5 heteroatoms. The lowest BCUT2D eigenvalue weighted by atomic mass is 10.1. The average molecular weight is 395 g/mol. The number of rotatable bonds is 6. The molecule has 0 unspecified atom stereocenters. The molecule has 0 spiro atoms. The molecule has 0 aliphatic heterocycles. The van der Waals surface area contributed by atoms with E-state index >= 15 is 0 Å². The predicted molar refractivity (Wildman–Crippen MR) is 94.9 cm³/mol. The summed E-state index contributed by atoms with van der Waals surface area (Å²) in [6.07, 6.45) is 0.906. The Balaban J connectivity index is 2.23. The second kappa shape index (κ2) is 8.29. The first-order chi connectivity index (χ1) is 11.5. The molecule has 0 saturated carbocycles. The van der Waals surface area contributed by atoms with Crippen molar-refractivity contribution < 1.29 is 18.7 Å². The van der Waals surface area contributed by atoms with Crippen LogP contribution in [0.3, 0.4) is 0 Å². The number of carbonyl (C=O) groups is 1. The van der Waals surface area contributed by atoms with Gasteiger partial charge in [0.05, 0.1) is 4.47 Å². The molecule has 2 aromatic carbocycles. The van der Waals surface area contributed by atoms with E-state index in [-0.39, 0.29) is 18.4 Å². The largest absolute Gasteiger partial charge is 0.487 e. The SMILES string of the molecule is CCC(=O)Oc1cccc(C)c1COc1cc(F)c(CC)cc1Br. The Morgan fingerprint density at radius 3 is 2.62 bits per heavy atom. The molecule has 0 aliphatic carbocycles. The molecule has 0 atom stereocenters. The topological polar surface area (TPSA) is 35.5 Å². The predicted octanol–water partition coefficient (Wildman–Crippen LogP) is 5.35. The van der Waals surface area contributed by atoms with E-state index in [1.165, 1.54) is 6.07 Å². The Labute approximate surface area is 149 Å². The number of hydrogen-bond acceptors (Lipinski definition) is 3. The van der Waals surface area contributed by atoms with Gasteiger partial charge in [-0.25, -0.2) is 4.39 Å². The van der Waals surface area contributed by atoms with Crippen LogP contribution in [0.5, 0.6) is 11.5 Å². The van der Waals surface area contributed by atoms with Gasteiger partial charge in [-0.2, -0.15) is 0 Å². The van der Waals surface area contributed by atoms with Gasteiger partial charge in [0.15, 0.2) is 0 Å². The molecule has 24 heavy (non-hydrogen) atoms. The van der Waals surface area contributed by atoms with Gasteiger partial charge in [0.1, 0.15) is 23.9 Å². The highest BCUT2D eigenvalue weighted by atomic mass is 79.9. The first-order valence-corrected chi connectivity index (χ1v) is 8.65. The van der Waals surface area contributed by atoms with Crippen LogP contribution in [0.4, 0.5) is 4.39 Å². The first kappa shape index (κ1) is 18.5. The van der Waals surface area contributed by atoms with E-state index in [4.69, 9.17) is 9.47 Å². The van der Waals surface area contributed by atoms with E-state index in [1.807, 2.05) is 26.0 Å². The Morgan fingerprint density at radius 1 is 1.21 bits per heavy atom. The van der Waals surface area contributed by atoms with E-state index in [0.29, 0.717) is 34.4 Å². The summed E-state index contributed by atoms with van der Waals surface area (Å²) in [6, 6.07) is 8.56. The van der Waals surface area contributed by atoms with E-state index in [1.54, 1.807) is 19.1 Å². The summed E-state index contributed by atoms with van der Waals surface area (Å²) in [5.74, 6) is 0.295. The summed E-state index contributed by atoms with van der Waals surface area (Å²) >= 11 is 3.41. The minimum absolute atomic E-state index is 0.183. The Morgan fingerprint density at radius 2 is 1.96 bits per heavy atom. The summed E-state index contributed by atoms with van der Waals surface area (Å²) in [7, 11) is 0. The molecule has 0 radical (unpaired) electrons. The van der Waals surface area contributed by atoms with Gasteiger partial charge in [0.2, 0.25) is 0 Å². The maximum atomic E-state index is 14.0. The molecule has 0 amide bonds. The van der Waals surface area contributed by atoms with Crippen molar-refractivity contribution in [3.63, 3.8) is 0 Å². The van der Waals surface area contributed by atoms with Gasteiger partial charge in [-0.1, -0.05) is 26.0 Å². The highest BCUT2D eigenvalue weighted by Gasteiger charge is 2.13. The van der Waals surface area contributed by atoms with Crippen LogP contribution in [-0.2, 0) is 17.8 Å².